The van der Waals surface area contributed by atoms with E-state index < -0.39 is 0 Å². The molecule has 0 spiro atoms. The molecule has 1 heterocycles. The van der Waals surface area contributed by atoms with Crippen LogP contribution in [0.4, 0.5) is 0 Å². The second kappa shape index (κ2) is 7.41. The number of alkyl halides is 1. The maximum Gasteiger partial charge on any atom is 0.0827 e. The van der Waals surface area contributed by atoms with E-state index in [2.05, 4.69) is 48.3 Å². The summed E-state index contributed by atoms with van der Waals surface area (Å²) in [5.74, 6) is 0.543. The number of hydrogen-bond acceptors (Lipinski definition) is 3. The van der Waals surface area contributed by atoms with Gasteiger partial charge in [-0.25, -0.2) is 0 Å². The van der Waals surface area contributed by atoms with Crippen molar-refractivity contribution in [1.29, 1.82) is 0 Å². The molecule has 1 aliphatic heterocycles. The highest BCUT2D eigenvalue weighted by molar-refractivity contribution is 6.18. The summed E-state index contributed by atoms with van der Waals surface area (Å²) in [6, 6.07) is 10.4. The lowest BCUT2D eigenvalue weighted by molar-refractivity contribution is -0.0279. The van der Waals surface area contributed by atoms with Crippen molar-refractivity contribution in [2.75, 3.05) is 38.7 Å². The molecule has 1 fully saturated rings. The highest BCUT2D eigenvalue weighted by atomic mass is 35.5. The van der Waals surface area contributed by atoms with Gasteiger partial charge in [0.15, 0.2) is 0 Å². The SMILES string of the molecule is CCN1CCOC(CNC(C)(CCl)c2ccccc2)C1. The first-order valence-electron chi connectivity index (χ1n) is 7.38. The Labute approximate surface area is 127 Å². The molecule has 1 aliphatic rings. The molecule has 1 saturated heterocycles. The molecule has 0 bridgehead atoms. The quantitative estimate of drug-likeness (QED) is 0.816. The lowest BCUT2D eigenvalue weighted by Crippen LogP contribution is -2.51. The smallest absolute Gasteiger partial charge is 0.0827 e. The van der Waals surface area contributed by atoms with Gasteiger partial charge in [-0.3, -0.25) is 4.90 Å². The van der Waals surface area contributed by atoms with Gasteiger partial charge in [0.1, 0.15) is 0 Å². The van der Waals surface area contributed by atoms with E-state index in [-0.39, 0.29) is 11.6 Å². The molecule has 0 aromatic heterocycles. The fourth-order valence-corrected chi connectivity index (χ4v) is 2.81. The number of nitrogens with zero attached hydrogens (tertiary/aromatic N) is 1. The van der Waals surface area contributed by atoms with Crippen molar-refractivity contribution >= 4 is 11.6 Å². The predicted octanol–water partition coefficient (Wildman–Crippen LogP) is 2.45. The standard InChI is InChI=1S/C16H25ClN2O/c1-3-19-9-10-20-15(12-19)11-18-16(2,13-17)14-7-5-4-6-8-14/h4-8,15,18H,3,9-13H2,1-2H3. The molecule has 3 nitrogen and oxygen atoms in total. The van der Waals surface area contributed by atoms with Crippen LogP contribution in [0.5, 0.6) is 0 Å². The molecule has 0 radical (unpaired) electrons. The van der Waals surface area contributed by atoms with Gasteiger partial charge in [0.05, 0.1) is 18.2 Å². The molecular formula is C16H25ClN2O. The Morgan fingerprint density at radius 3 is 2.80 bits per heavy atom. The Morgan fingerprint density at radius 2 is 2.15 bits per heavy atom. The van der Waals surface area contributed by atoms with Gasteiger partial charge >= 0.3 is 0 Å². The molecule has 20 heavy (non-hydrogen) atoms. The summed E-state index contributed by atoms with van der Waals surface area (Å²) in [5, 5.41) is 3.59. The van der Waals surface area contributed by atoms with Crippen molar-refractivity contribution in [3.05, 3.63) is 35.9 Å². The molecule has 1 aromatic rings. The van der Waals surface area contributed by atoms with Gasteiger partial charge in [-0.1, -0.05) is 37.3 Å². The van der Waals surface area contributed by atoms with Gasteiger partial charge < -0.3 is 10.1 Å². The molecule has 0 amide bonds. The van der Waals surface area contributed by atoms with Gasteiger partial charge in [-0.2, -0.15) is 0 Å². The number of benzene rings is 1. The summed E-state index contributed by atoms with van der Waals surface area (Å²) in [6.45, 7) is 9.12. The van der Waals surface area contributed by atoms with Crippen molar-refractivity contribution < 1.29 is 4.74 Å². The maximum atomic E-state index is 6.20. The van der Waals surface area contributed by atoms with Crippen molar-refractivity contribution in [1.82, 2.24) is 10.2 Å². The van der Waals surface area contributed by atoms with E-state index >= 15 is 0 Å². The van der Waals surface area contributed by atoms with Crippen LogP contribution >= 0.6 is 11.6 Å². The molecule has 1 aromatic carbocycles. The van der Waals surface area contributed by atoms with Crippen LogP contribution in [-0.2, 0) is 10.3 Å². The lowest BCUT2D eigenvalue weighted by Gasteiger charge is -2.36. The number of hydrogen-bond donors (Lipinski definition) is 1. The number of likely N-dealkylation sites (N-methyl/N-ethyl adjacent to an activating group) is 1. The maximum absolute atomic E-state index is 6.20. The van der Waals surface area contributed by atoms with E-state index in [0.29, 0.717) is 5.88 Å². The average Bonchev–Trinajstić information content (AvgIpc) is 2.53. The van der Waals surface area contributed by atoms with Crippen LogP contribution in [0.1, 0.15) is 19.4 Å². The Bertz CT molecular complexity index is 401. The zero-order valence-electron chi connectivity index (χ0n) is 12.4. The Hall–Kier alpha value is -0.610. The van der Waals surface area contributed by atoms with Crippen LogP contribution in [0, 0.1) is 0 Å². The third kappa shape index (κ3) is 3.95. The summed E-state index contributed by atoms with van der Waals surface area (Å²) in [5.41, 5.74) is 1.01. The summed E-state index contributed by atoms with van der Waals surface area (Å²) in [6.07, 6.45) is 0.245. The van der Waals surface area contributed by atoms with Gasteiger partial charge in [-0.15, -0.1) is 11.6 Å². The van der Waals surface area contributed by atoms with E-state index in [1.807, 2.05) is 6.07 Å². The van der Waals surface area contributed by atoms with Crippen LogP contribution < -0.4 is 5.32 Å². The van der Waals surface area contributed by atoms with Crippen LogP contribution in [0.3, 0.4) is 0 Å². The third-order valence-corrected chi connectivity index (χ3v) is 4.60. The van der Waals surface area contributed by atoms with Crippen LogP contribution in [0.25, 0.3) is 0 Å². The van der Waals surface area contributed by atoms with E-state index in [0.717, 1.165) is 32.8 Å². The van der Waals surface area contributed by atoms with E-state index in [1.165, 1.54) is 5.56 Å². The molecule has 1 N–H and O–H groups in total. The fourth-order valence-electron chi connectivity index (χ4n) is 2.56. The normalized spacial score (nSPS) is 23.4. The molecule has 2 unspecified atom stereocenters. The molecule has 0 saturated carbocycles. The molecular weight excluding hydrogens is 272 g/mol. The first-order chi connectivity index (χ1) is 9.68. The minimum absolute atomic E-state index is 0.208. The Balaban J connectivity index is 1.93. The second-order valence-electron chi connectivity index (χ2n) is 5.60. The molecule has 0 aliphatic carbocycles. The van der Waals surface area contributed by atoms with Crippen molar-refractivity contribution in [3.8, 4) is 0 Å². The fraction of sp³-hybridized carbons (Fsp3) is 0.625. The zero-order valence-corrected chi connectivity index (χ0v) is 13.2. The van der Waals surface area contributed by atoms with Gasteiger partial charge in [0.2, 0.25) is 0 Å². The molecule has 112 valence electrons. The monoisotopic (exact) mass is 296 g/mol. The number of morpholine rings is 1. The minimum atomic E-state index is -0.208. The highest BCUT2D eigenvalue weighted by Gasteiger charge is 2.27. The van der Waals surface area contributed by atoms with Gasteiger partial charge in [-0.05, 0) is 19.0 Å². The van der Waals surface area contributed by atoms with E-state index in [4.69, 9.17) is 16.3 Å². The van der Waals surface area contributed by atoms with Crippen molar-refractivity contribution in [2.24, 2.45) is 0 Å². The highest BCUT2D eigenvalue weighted by Crippen LogP contribution is 2.22. The average molecular weight is 297 g/mol. The predicted molar refractivity (Wildman–Crippen MR) is 84.4 cm³/mol. The van der Waals surface area contributed by atoms with Gasteiger partial charge in [0, 0.05) is 25.5 Å². The first-order valence-corrected chi connectivity index (χ1v) is 7.92. The number of halogens is 1. The number of rotatable bonds is 6. The topological polar surface area (TPSA) is 24.5 Å². The number of ether oxygens (including phenoxy) is 1. The summed E-state index contributed by atoms with van der Waals surface area (Å²) in [7, 11) is 0. The second-order valence-corrected chi connectivity index (χ2v) is 5.87. The van der Waals surface area contributed by atoms with E-state index in [1.54, 1.807) is 0 Å². The lowest BCUT2D eigenvalue weighted by atomic mass is 9.94. The zero-order chi connectivity index (χ0) is 14.4. The first kappa shape index (κ1) is 15.8. The molecule has 2 rings (SSSR count). The van der Waals surface area contributed by atoms with E-state index in [9.17, 15) is 0 Å². The molecule has 2 atom stereocenters. The minimum Gasteiger partial charge on any atom is -0.374 e. The van der Waals surface area contributed by atoms with Crippen LogP contribution in [0.2, 0.25) is 0 Å². The summed E-state index contributed by atoms with van der Waals surface area (Å²) >= 11 is 6.20. The summed E-state index contributed by atoms with van der Waals surface area (Å²) in [4.78, 5) is 2.43. The van der Waals surface area contributed by atoms with Gasteiger partial charge in [0.25, 0.3) is 0 Å². The third-order valence-electron chi connectivity index (χ3n) is 4.07. The number of nitrogens with one attached hydrogen (secondary N) is 1. The van der Waals surface area contributed by atoms with Crippen LogP contribution in [0.15, 0.2) is 30.3 Å². The van der Waals surface area contributed by atoms with Crippen LogP contribution in [-0.4, -0.2) is 49.7 Å². The largest absolute Gasteiger partial charge is 0.374 e. The molecule has 4 heteroatoms. The summed E-state index contributed by atoms with van der Waals surface area (Å²) < 4.78 is 5.84. The Kier molecular flexibility index (Phi) is 5.85. The van der Waals surface area contributed by atoms with Crippen molar-refractivity contribution in [2.45, 2.75) is 25.5 Å². The van der Waals surface area contributed by atoms with Crippen molar-refractivity contribution in [3.63, 3.8) is 0 Å². The Morgan fingerprint density at radius 1 is 1.40 bits per heavy atom.